The lowest BCUT2D eigenvalue weighted by Gasteiger charge is -2.26. The third-order valence-corrected chi connectivity index (χ3v) is 3.68. The lowest BCUT2D eigenvalue weighted by Crippen LogP contribution is -2.38. The minimum absolute atomic E-state index is 0.159. The van der Waals surface area contributed by atoms with E-state index < -0.39 is 0 Å². The zero-order valence-corrected chi connectivity index (χ0v) is 14.5. The first-order chi connectivity index (χ1) is 9.92. The Bertz CT molecular complexity index is 378. The Morgan fingerprint density at radius 3 is 2.33 bits per heavy atom. The van der Waals surface area contributed by atoms with E-state index in [1.165, 1.54) is 17.5 Å². The van der Waals surface area contributed by atoms with Crippen LogP contribution >= 0.6 is 0 Å². The predicted octanol–water partition coefficient (Wildman–Crippen LogP) is 4.67. The third kappa shape index (κ3) is 8.23. The molecule has 0 saturated heterocycles. The molecule has 0 aliphatic carbocycles. The number of ether oxygens (including phenoxy) is 1. The highest BCUT2D eigenvalue weighted by molar-refractivity contribution is 5.24. The van der Waals surface area contributed by atoms with Crippen LogP contribution in [0.3, 0.4) is 0 Å². The zero-order chi connectivity index (χ0) is 15.7. The molecule has 0 aliphatic heterocycles. The second-order valence-electron chi connectivity index (χ2n) is 6.99. The molecule has 0 saturated carbocycles. The summed E-state index contributed by atoms with van der Waals surface area (Å²) in [6, 6.07) is 8.93. The minimum Gasteiger partial charge on any atom is -0.381 e. The van der Waals surface area contributed by atoms with E-state index in [4.69, 9.17) is 4.74 Å². The Hall–Kier alpha value is -0.860. The van der Waals surface area contributed by atoms with E-state index in [9.17, 15) is 0 Å². The van der Waals surface area contributed by atoms with Crippen molar-refractivity contribution in [3.8, 4) is 0 Å². The van der Waals surface area contributed by atoms with Gasteiger partial charge in [-0.1, -0.05) is 43.2 Å². The number of unbranched alkanes of at least 4 members (excludes halogenated alkanes) is 1. The number of hydrogen-bond acceptors (Lipinski definition) is 2. The lowest BCUT2D eigenvalue weighted by molar-refractivity contribution is 0.123. The Labute approximate surface area is 131 Å². The summed E-state index contributed by atoms with van der Waals surface area (Å²) >= 11 is 0. The maximum Gasteiger partial charge on any atom is 0.0472 e. The largest absolute Gasteiger partial charge is 0.381 e. The van der Waals surface area contributed by atoms with Gasteiger partial charge in [0.25, 0.3) is 0 Å². The highest BCUT2D eigenvalue weighted by atomic mass is 16.5. The molecule has 0 fully saturated rings. The smallest absolute Gasteiger partial charge is 0.0472 e. The van der Waals surface area contributed by atoms with Gasteiger partial charge in [0, 0.05) is 25.3 Å². The molecule has 0 bridgehead atoms. The molecule has 1 atom stereocenters. The number of aryl methyl sites for hydroxylation is 1. The van der Waals surface area contributed by atoms with Crippen molar-refractivity contribution in [2.45, 2.75) is 65.3 Å². The van der Waals surface area contributed by atoms with Crippen molar-refractivity contribution < 1.29 is 4.74 Å². The van der Waals surface area contributed by atoms with E-state index in [1.54, 1.807) is 0 Å². The monoisotopic (exact) mass is 291 g/mol. The number of nitrogens with one attached hydrogen (secondary N) is 1. The summed E-state index contributed by atoms with van der Waals surface area (Å²) < 4.78 is 5.75. The Morgan fingerprint density at radius 1 is 1.10 bits per heavy atom. The SMILES string of the molecule is CCCCOCCC(CNC(C)(C)C)c1ccc(C)cc1. The van der Waals surface area contributed by atoms with Crippen LogP contribution in [0, 0.1) is 6.92 Å². The predicted molar refractivity (Wildman–Crippen MR) is 92.0 cm³/mol. The Morgan fingerprint density at radius 2 is 1.76 bits per heavy atom. The van der Waals surface area contributed by atoms with Crippen LogP contribution in [0.1, 0.15) is 64.0 Å². The second kappa shape index (κ2) is 9.22. The number of hydrogen-bond donors (Lipinski definition) is 1. The van der Waals surface area contributed by atoms with Crippen molar-refractivity contribution in [3.63, 3.8) is 0 Å². The van der Waals surface area contributed by atoms with Crippen molar-refractivity contribution in [1.29, 1.82) is 0 Å². The van der Waals surface area contributed by atoms with Gasteiger partial charge in [-0.2, -0.15) is 0 Å². The normalized spacial score (nSPS) is 13.4. The van der Waals surface area contributed by atoms with Crippen molar-refractivity contribution in [3.05, 3.63) is 35.4 Å². The first kappa shape index (κ1) is 18.2. The third-order valence-electron chi connectivity index (χ3n) is 3.68. The van der Waals surface area contributed by atoms with Crippen molar-refractivity contribution in [1.82, 2.24) is 5.32 Å². The quantitative estimate of drug-likeness (QED) is 0.667. The molecule has 2 nitrogen and oxygen atoms in total. The van der Waals surface area contributed by atoms with Crippen LogP contribution < -0.4 is 5.32 Å². The van der Waals surface area contributed by atoms with Gasteiger partial charge in [0.05, 0.1) is 0 Å². The highest BCUT2D eigenvalue weighted by Gasteiger charge is 2.16. The van der Waals surface area contributed by atoms with E-state index in [2.05, 4.69) is 64.2 Å². The second-order valence-corrected chi connectivity index (χ2v) is 6.99. The van der Waals surface area contributed by atoms with Gasteiger partial charge in [-0.25, -0.2) is 0 Å². The van der Waals surface area contributed by atoms with Crippen LogP contribution in [0.15, 0.2) is 24.3 Å². The Balaban J connectivity index is 2.55. The fraction of sp³-hybridized carbons (Fsp3) is 0.684. The van der Waals surface area contributed by atoms with E-state index in [-0.39, 0.29) is 5.54 Å². The van der Waals surface area contributed by atoms with Gasteiger partial charge >= 0.3 is 0 Å². The van der Waals surface area contributed by atoms with Gasteiger partial charge in [-0.3, -0.25) is 0 Å². The van der Waals surface area contributed by atoms with Crippen LogP contribution in [0.2, 0.25) is 0 Å². The van der Waals surface area contributed by atoms with Crippen molar-refractivity contribution in [2.75, 3.05) is 19.8 Å². The molecule has 1 aromatic rings. The molecule has 0 radical (unpaired) electrons. The molecule has 21 heavy (non-hydrogen) atoms. The number of benzene rings is 1. The molecule has 1 N–H and O–H groups in total. The summed E-state index contributed by atoms with van der Waals surface area (Å²) in [5, 5.41) is 3.63. The fourth-order valence-electron chi connectivity index (χ4n) is 2.23. The molecule has 1 aromatic carbocycles. The summed E-state index contributed by atoms with van der Waals surface area (Å²) in [6.07, 6.45) is 3.44. The van der Waals surface area contributed by atoms with Gasteiger partial charge in [-0.05, 0) is 52.0 Å². The van der Waals surface area contributed by atoms with E-state index in [0.717, 1.165) is 32.6 Å². The molecule has 0 aliphatic rings. The first-order valence-corrected chi connectivity index (χ1v) is 8.31. The van der Waals surface area contributed by atoms with Gasteiger partial charge in [0.15, 0.2) is 0 Å². The van der Waals surface area contributed by atoms with Crippen LogP contribution in [-0.2, 0) is 4.74 Å². The minimum atomic E-state index is 0.159. The standard InChI is InChI=1S/C19H33NO/c1-6-7-13-21-14-12-18(15-20-19(3,4)5)17-10-8-16(2)9-11-17/h8-11,18,20H,6-7,12-15H2,1-5H3. The fourth-order valence-corrected chi connectivity index (χ4v) is 2.23. The van der Waals surface area contributed by atoms with Gasteiger partial charge < -0.3 is 10.1 Å². The van der Waals surface area contributed by atoms with E-state index in [1.807, 2.05) is 0 Å². The topological polar surface area (TPSA) is 21.3 Å². The molecular formula is C19H33NO. The maximum atomic E-state index is 5.75. The molecule has 0 amide bonds. The lowest BCUT2D eigenvalue weighted by atomic mass is 9.94. The Kier molecular flexibility index (Phi) is 7.98. The highest BCUT2D eigenvalue weighted by Crippen LogP contribution is 2.20. The summed E-state index contributed by atoms with van der Waals surface area (Å²) in [5.41, 5.74) is 2.89. The summed E-state index contributed by atoms with van der Waals surface area (Å²) in [6.45, 7) is 13.7. The molecular weight excluding hydrogens is 258 g/mol. The molecule has 0 spiro atoms. The van der Waals surface area contributed by atoms with Gasteiger partial charge in [0.1, 0.15) is 0 Å². The summed E-state index contributed by atoms with van der Waals surface area (Å²) in [4.78, 5) is 0. The van der Waals surface area contributed by atoms with Gasteiger partial charge in [0.2, 0.25) is 0 Å². The molecule has 120 valence electrons. The maximum absolute atomic E-state index is 5.75. The van der Waals surface area contributed by atoms with Crippen molar-refractivity contribution in [2.24, 2.45) is 0 Å². The molecule has 1 unspecified atom stereocenters. The summed E-state index contributed by atoms with van der Waals surface area (Å²) in [5.74, 6) is 0.520. The van der Waals surface area contributed by atoms with Crippen molar-refractivity contribution >= 4 is 0 Å². The average molecular weight is 291 g/mol. The van der Waals surface area contributed by atoms with Crippen LogP contribution in [0.4, 0.5) is 0 Å². The molecule has 1 rings (SSSR count). The zero-order valence-electron chi connectivity index (χ0n) is 14.5. The molecule has 0 aromatic heterocycles. The van der Waals surface area contributed by atoms with Gasteiger partial charge in [-0.15, -0.1) is 0 Å². The van der Waals surface area contributed by atoms with Crippen LogP contribution in [0.25, 0.3) is 0 Å². The van der Waals surface area contributed by atoms with Crippen LogP contribution in [0.5, 0.6) is 0 Å². The molecule has 0 heterocycles. The number of rotatable bonds is 9. The summed E-state index contributed by atoms with van der Waals surface area (Å²) in [7, 11) is 0. The molecule has 2 heteroatoms. The van der Waals surface area contributed by atoms with E-state index in [0.29, 0.717) is 5.92 Å². The van der Waals surface area contributed by atoms with Crippen LogP contribution in [-0.4, -0.2) is 25.3 Å². The average Bonchev–Trinajstić information content (AvgIpc) is 2.42. The van der Waals surface area contributed by atoms with E-state index >= 15 is 0 Å². The first-order valence-electron chi connectivity index (χ1n) is 8.31.